The molecule has 0 aliphatic heterocycles. The molecule has 0 unspecified atom stereocenters. The monoisotopic (exact) mass is 288 g/mol. The standard InChI is InChI=1S/C15H20N4S/c1-10-5-8-13(11(2)17-10)15-19-18-14(20-15)4-3-9-16-12-6-7-12/h5,8,12,16H,3-4,6-7,9H2,1-2H3. The van der Waals surface area contributed by atoms with Crippen LogP contribution < -0.4 is 5.32 Å². The van der Waals surface area contributed by atoms with E-state index >= 15 is 0 Å². The molecule has 2 heterocycles. The second-order valence-electron chi connectivity index (χ2n) is 5.42. The van der Waals surface area contributed by atoms with Crippen molar-refractivity contribution in [3.63, 3.8) is 0 Å². The second-order valence-corrected chi connectivity index (χ2v) is 6.48. The van der Waals surface area contributed by atoms with Crippen molar-refractivity contribution in [1.29, 1.82) is 0 Å². The lowest BCUT2D eigenvalue weighted by atomic mass is 10.2. The smallest absolute Gasteiger partial charge is 0.149 e. The number of hydrogen-bond acceptors (Lipinski definition) is 5. The van der Waals surface area contributed by atoms with Crippen LogP contribution in [-0.2, 0) is 6.42 Å². The van der Waals surface area contributed by atoms with Gasteiger partial charge in [0.05, 0.1) is 0 Å². The molecule has 0 spiro atoms. The van der Waals surface area contributed by atoms with Gasteiger partial charge in [-0.15, -0.1) is 10.2 Å². The second kappa shape index (κ2) is 5.97. The summed E-state index contributed by atoms with van der Waals surface area (Å²) in [4.78, 5) is 4.49. The first-order chi connectivity index (χ1) is 9.72. The van der Waals surface area contributed by atoms with Gasteiger partial charge >= 0.3 is 0 Å². The molecular weight excluding hydrogens is 268 g/mol. The van der Waals surface area contributed by atoms with Crippen LogP contribution in [0.1, 0.15) is 35.7 Å². The van der Waals surface area contributed by atoms with Crippen LogP contribution in [0.15, 0.2) is 12.1 Å². The van der Waals surface area contributed by atoms with E-state index in [1.807, 2.05) is 19.9 Å². The molecule has 2 aromatic heterocycles. The summed E-state index contributed by atoms with van der Waals surface area (Å²) in [5.41, 5.74) is 3.18. The predicted molar refractivity (Wildman–Crippen MR) is 82.0 cm³/mol. The molecule has 1 fully saturated rings. The lowest BCUT2D eigenvalue weighted by Crippen LogP contribution is -2.17. The summed E-state index contributed by atoms with van der Waals surface area (Å²) in [5.74, 6) is 0. The number of hydrogen-bond donors (Lipinski definition) is 1. The van der Waals surface area contributed by atoms with E-state index in [0.29, 0.717) is 0 Å². The Morgan fingerprint density at radius 1 is 1.25 bits per heavy atom. The highest BCUT2D eigenvalue weighted by Crippen LogP contribution is 2.26. The van der Waals surface area contributed by atoms with E-state index in [2.05, 4.69) is 26.6 Å². The average molecular weight is 288 g/mol. The number of rotatable bonds is 6. The lowest BCUT2D eigenvalue weighted by molar-refractivity contribution is 0.643. The molecule has 20 heavy (non-hydrogen) atoms. The Morgan fingerprint density at radius 3 is 2.85 bits per heavy atom. The number of aromatic nitrogens is 3. The Labute approximate surface area is 123 Å². The molecular formula is C15H20N4S. The Hall–Kier alpha value is -1.33. The fourth-order valence-electron chi connectivity index (χ4n) is 2.21. The van der Waals surface area contributed by atoms with Gasteiger partial charge in [-0.2, -0.15) is 0 Å². The van der Waals surface area contributed by atoms with Gasteiger partial charge in [0.25, 0.3) is 0 Å². The van der Waals surface area contributed by atoms with Crippen molar-refractivity contribution in [2.75, 3.05) is 6.54 Å². The molecule has 0 radical (unpaired) electrons. The fraction of sp³-hybridized carbons (Fsp3) is 0.533. The third-order valence-electron chi connectivity index (χ3n) is 3.50. The van der Waals surface area contributed by atoms with Gasteiger partial charge in [-0.1, -0.05) is 11.3 Å². The first-order valence-corrected chi connectivity index (χ1v) is 8.04. The summed E-state index contributed by atoms with van der Waals surface area (Å²) < 4.78 is 0. The van der Waals surface area contributed by atoms with Crippen molar-refractivity contribution in [3.8, 4) is 10.6 Å². The minimum absolute atomic E-state index is 0.793. The lowest BCUT2D eigenvalue weighted by Gasteiger charge is -2.01. The van der Waals surface area contributed by atoms with E-state index in [0.717, 1.165) is 52.4 Å². The van der Waals surface area contributed by atoms with Crippen LogP contribution >= 0.6 is 11.3 Å². The molecule has 0 bridgehead atoms. The predicted octanol–water partition coefficient (Wildman–Crippen LogP) is 2.90. The Morgan fingerprint density at radius 2 is 2.10 bits per heavy atom. The summed E-state index contributed by atoms with van der Waals surface area (Å²) in [7, 11) is 0. The molecule has 0 amide bonds. The van der Waals surface area contributed by atoms with Crippen LogP contribution in [0.25, 0.3) is 10.6 Å². The Kier molecular flexibility index (Phi) is 4.08. The van der Waals surface area contributed by atoms with Crippen molar-refractivity contribution in [1.82, 2.24) is 20.5 Å². The largest absolute Gasteiger partial charge is 0.314 e. The van der Waals surface area contributed by atoms with Gasteiger partial charge in [-0.3, -0.25) is 4.98 Å². The van der Waals surface area contributed by atoms with Gasteiger partial charge in [-0.25, -0.2) is 0 Å². The van der Waals surface area contributed by atoms with E-state index < -0.39 is 0 Å². The van der Waals surface area contributed by atoms with Crippen LogP contribution in [0.5, 0.6) is 0 Å². The minimum atomic E-state index is 0.793. The summed E-state index contributed by atoms with van der Waals surface area (Å²) in [6, 6.07) is 4.92. The molecule has 0 atom stereocenters. The van der Waals surface area contributed by atoms with Crippen LogP contribution in [0.3, 0.4) is 0 Å². The van der Waals surface area contributed by atoms with E-state index in [1.165, 1.54) is 12.8 Å². The summed E-state index contributed by atoms with van der Waals surface area (Å²) in [5, 5.41) is 14.2. The topological polar surface area (TPSA) is 50.7 Å². The third-order valence-corrected chi connectivity index (χ3v) is 4.52. The number of nitrogens with zero attached hydrogens (tertiary/aromatic N) is 3. The van der Waals surface area contributed by atoms with Gasteiger partial charge in [-0.05, 0) is 51.8 Å². The van der Waals surface area contributed by atoms with Gasteiger partial charge < -0.3 is 5.32 Å². The number of pyridine rings is 1. The highest BCUT2D eigenvalue weighted by atomic mass is 32.1. The first-order valence-electron chi connectivity index (χ1n) is 7.23. The molecule has 106 valence electrons. The van der Waals surface area contributed by atoms with E-state index in [-0.39, 0.29) is 0 Å². The van der Waals surface area contributed by atoms with Crippen molar-refractivity contribution in [2.45, 2.75) is 45.6 Å². The van der Waals surface area contributed by atoms with Gasteiger partial charge in [0.15, 0.2) is 0 Å². The molecule has 3 rings (SSSR count). The molecule has 4 nitrogen and oxygen atoms in total. The summed E-state index contributed by atoms with van der Waals surface area (Å²) in [6.45, 7) is 5.13. The van der Waals surface area contributed by atoms with E-state index in [1.54, 1.807) is 11.3 Å². The normalized spacial score (nSPS) is 14.7. The summed E-state index contributed by atoms with van der Waals surface area (Å²) >= 11 is 1.69. The van der Waals surface area contributed by atoms with Crippen LogP contribution in [-0.4, -0.2) is 27.8 Å². The third kappa shape index (κ3) is 3.41. The molecule has 5 heteroatoms. The fourth-order valence-corrected chi connectivity index (χ4v) is 3.17. The minimum Gasteiger partial charge on any atom is -0.314 e. The molecule has 2 aromatic rings. The quantitative estimate of drug-likeness (QED) is 0.830. The van der Waals surface area contributed by atoms with Crippen molar-refractivity contribution in [2.24, 2.45) is 0 Å². The van der Waals surface area contributed by atoms with Crippen molar-refractivity contribution >= 4 is 11.3 Å². The molecule has 0 aromatic carbocycles. The summed E-state index contributed by atoms with van der Waals surface area (Å²) in [6.07, 6.45) is 4.84. The zero-order valence-electron chi connectivity index (χ0n) is 12.0. The maximum atomic E-state index is 4.49. The average Bonchev–Trinajstić information content (AvgIpc) is 3.13. The van der Waals surface area contributed by atoms with Crippen molar-refractivity contribution in [3.05, 3.63) is 28.5 Å². The van der Waals surface area contributed by atoms with Crippen LogP contribution in [0.2, 0.25) is 0 Å². The van der Waals surface area contributed by atoms with Crippen molar-refractivity contribution < 1.29 is 0 Å². The zero-order chi connectivity index (χ0) is 13.9. The number of nitrogens with one attached hydrogen (secondary N) is 1. The molecule has 1 aliphatic carbocycles. The van der Waals surface area contributed by atoms with Crippen LogP contribution in [0.4, 0.5) is 0 Å². The molecule has 1 N–H and O–H groups in total. The Balaban J connectivity index is 1.60. The van der Waals surface area contributed by atoms with Gasteiger partial charge in [0.1, 0.15) is 10.0 Å². The first kappa shape index (κ1) is 13.6. The Bertz CT molecular complexity index is 589. The van der Waals surface area contributed by atoms with Crippen LogP contribution in [0, 0.1) is 13.8 Å². The molecule has 0 saturated heterocycles. The van der Waals surface area contributed by atoms with E-state index in [9.17, 15) is 0 Å². The molecule has 1 aliphatic rings. The SMILES string of the molecule is Cc1ccc(-c2nnc(CCCNC3CC3)s2)c(C)n1. The maximum Gasteiger partial charge on any atom is 0.149 e. The van der Waals surface area contributed by atoms with E-state index in [4.69, 9.17) is 0 Å². The molecule has 1 saturated carbocycles. The van der Waals surface area contributed by atoms with Gasteiger partial charge in [0.2, 0.25) is 0 Å². The maximum absolute atomic E-state index is 4.49. The zero-order valence-corrected chi connectivity index (χ0v) is 12.8. The number of aryl methyl sites for hydroxylation is 3. The highest BCUT2D eigenvalue weighted by Gasteiger charge is 2.19. The highest BCUT2D eigenvalue weighted by molar-refractivity contribution is 7.14. The van der Waals surface area contributed by atoms with Gasteiger partial charge in [0, 0.05) is 29.4 Å².